The summed E-state index contributed by atoms with van der Waals surface area (Å²) in [5.74, 6) is -0.270. The molecule has 0 saturated carbocycles. The van der Waals surface area contributed by atoms with Crippen LogP contribution in [0.2, 0.25) is 0 Å². The molecule has 0 saturated heterocycles. The summed E-state index contributed by atoms with van der Waals surface area (Å²) >= 11 is 0. The Balaban J connectivity index is 2.27. The van der Waals surface area contributed by atoms with Crippen LogP contribution in [0.5, 0.6) is 5.75 Å². The molecule has 2 rings (SSSR count). The second-order valence-electron chi connectivity index (χ2n) is 4.27. The average Bonchev–Trinajstić information content (AvgIpc) is 2.28. The summed E-state index contributed by atoms with van der Waals surface area (Å²) in [6.07, 6.45) is -1.44. The van der Waals surface area contributed by atoms with Crippen LogP contribution in [0, 0.1) is 5.82 Å². The molecule has 2 atom stereocenters. The molecule has 0 radical (unpaired) electrons. The number of carbonyl (C=O) groups excluding carboxylic acids is 1. The van der Waals surface area contributed by atoms with Gasteiger partial charge < -0.3 is 14.7 Å². The van der Waals surface area contributed by atoms with Crippen LogP contribution in [-0.2, 0) is 4.79 Å². The first kappa shape index (κ1) is 11.9. The van der Waals surface area contributed by atoms with E-state index < -0.39 is 18.0 Å². The minimum atomic E-state index is -0.872. The van der Waals surface area contributed by atoms with Gasteiger partial charge in [0.05, 0.1) is 6.10 Å². The van der Waals surface area contributed by atoms with Crippen molar-refractivity contribution in [3.8, 4) is 5.75 Å². The topological polar surface area (TPSA) is 49.8 Å². The van der Waals surface area contributed by atoms with Crippen LogP contribution >= 0.6 is 0 Å². The fourth-order valence-electron chi connectivity index (χ4n) is 1.86. The van der Waals surface area contributed by atoms with Crippen molar-refractivity contribution in [3.63, 3.8) is 0 Å². The number of nitrogens with zero attached hydrogens (tertiary/aromatic N) is 1. The van der Waals surface area contributed by atoms with Gasteiger partial charge in [-0.2, -0.15) is 0 Å². The number of carbonyl (C=O) groups is 1. The van der Waals surface area contributed by atoms with Crippen LogP contribution in [0.4, 0.5) is 4.39 Å². The number of amides is 1. The summed E-state index contributed by atoms with van der Waals surface area (Å²) in [6.45, 7) is 0. The Morgan fingerprint density at radius 1 is 1.53 bits per heavy atom. The van der Waals surface area contributed by atoms with E-state index in [0.717, 1.165) is 0 Å². The van der Waals surface area contributed by atoms with E-state index in [1.165, 1.54) is 23.1 Å². The molecular formula is C12H14FNO3. The van der Waals surface area contributed by atoms with Crippen molar-refractivity contribution in [2.24, 2.45) is 0 Å². The predicted octanol–water partition coefficient (Wildman–Crippen LogP) is 1.10. The highest BCUT2D eigenvalue weighted by Gasteiger charge is 2.32. The van der Waals surface area contributed by atoms with Gasteiger partial charge in [-0.3, -0.25) is 4.79 Å². The summed E-state index contributed by atoms with van der Waals surface area (Å²) < 4.78 is 18.5. The van der Waals surface area contributed by atoms with Crippen LogP contribution in [0.1, 0.15) is 18.1 Å². The van der Waals surface area contributed by atoms with Crippen LogP contribution < -0.4 is 4.74 Å². The smallest absolute Gasteiger partial charge is 0.263 e. The van der Waals surface area contributed by atoms with Crippen LogP contribution in [0.25, 0.3) is 0 Å². The van der Waals surface area contributed by atoms with Crippen molar-refractivity contribution < 1.29 is 19.0 Å². The van der Waals surface area contributed by atoms with E-state index in [9.17, 15) is 14.3 Å². The number of ether oxygens (including phenoxy) is 1. The van der Waals surface area contributed by atoms with Crippen LogP contribution in [0.3, 0.4) is 0 Å². The van der Waals surface area contributed by atoms with Gasteiger partial charge in [-0.15, -0.1) is 0 Å². The molecule has 1 aliphatic rings. The zero-order chi connectivity index (χ0) is 12.6. The molecule has 92 valence electrons. The Hall–Kier alpha value is -1.62. The van der Waals surface area contributed by atoms with Crippen LogP contribution in [0.15, 0.2) is 18.2 Å². The summed E-state index contributed by atoms with van der Waals surface area (Å²) in [7, 11) is 3.25. The van der Waals surface area contributed by atoms with Crippen molar-refractivity contribution in [1.29, 1.82) is 0 Å². The molecule has 1 aliphatic heterocycles. The van der Waals surface area contributed by atoms with Gasteiger partial charge in [0.2, 0.25) is 0 Å². The number of fused-ring (bicyclic) bond motifs is 1. The van der Waals surface area contributed by atoms with E-state index in [1.807, 2.05) is 0 Å². The maximum atomic E-state index is 13.0. The third kappa shape index (κ3) is 2.24. The molecule has 0 fully saturated rings. The fraction of sp³-hybridized carbons (Fsp3) is 0.417. The summed E-state index contributed by atoms with van der Waals surface area (Å²) in [6, 6.07) is 3.91. The van der Waals surface area contributed by atoms with Gasteiger partial charge in [-0.1, -0.05) is 0 Å². The monoisotopic (exact) mass is 239 g/mol. The molecule has 1 N–H and O–H groups in total. The van der Waals surface area contributed by atoms with E-state index >= 15 is 0 Å². The molecule has 0 aromatic heterocycles. The Bertz CT molecular complexity index is 447. The first-order chi connectivity index (χ1) is 7.99. The van der Waals surface area contributed by atoms with Gasteiger partial charge in [-0.25, -0.2) is 4.39 Å². The minimum Gasteiger partial charge on any atom is -0.480 e. The largest absolute Gasteiger partial charge is 0.480 e. The molecule has 1 amide bonds. The minimum absolute atomic E-state index is 0.146. The van der Waals surface area contributed by atoms with Gasteiger partial charge in [0.1, 0.15) is 11.6 Å². The van der Waals surface area contributed by atoms with Crippen molar-refractivity contribution in [2.45, 2.75) is 18.6 Å². The fourth-order valence-corrected chi connectivity index (χ4v) is 1.86. The summed E-state index contributed by atoms with van der Waals surface area (Å²) in [5, 5.41) is 9.87. The quantitative estimate of drug-likeness (QED) is 0.798. The first-order valence-electron chi connectivity index (χ1n) is 5.34. The molecule has 5 heteroatoms. The molecule has 0 unspecified atom stereocenters. The summed E-state index contributed by atoms with van der Waals surface area (Å²) in [5.41, 5.74) is 0.396. The molecule has 0 aliphatic carbocycles. The number of likely N-dealkylation sites (N-methyl/N-ethyl adjacent to an activating group) is 1. The standard InChI is InChI=1S/C12H14FNO3/c1-14(2)12(16)11-6-9(15)8-5-7(13)3-4-10(8)17-11/h3-5,9,11,15H,6H2,1-2H3/t9-,11+/m1/s1. The number of halogens is 1. The van der Waals surface area contributed by atoms with Gasteiger partial charge >= 0.3 is 0 Å². The molecule has 1 aromatic rings. The van der Waals surface area contributed by atoms with Gasteiger partial charge in [0.15, 0.2) is 6.10 Å². The van der Waals surface area contributed by atoms with Crippen molar-refractivity contribution in [1.82, 2.24) is 4.90 Å². The van der Waals surface area contributed by atoms with E-state index in [-0.39, 0.29) is 12.3 Å². The number of rotatable bonds is 1. The molecule has 0 spiro atoms. The van der Waals surface area contributed by atoms with Crippen molar-refractivity contribution >= 4 is 5.91 Å². The zero-order valence-electron chi connectivity index (χ0n) is 9.68. The Kier molecular flexibility index (Phi) is 3.02. The van der Waals surface area contributed by atoms with Crippen LogP contribution in [-0.4, -0.2) is 36.1 Å². The lowest BCUT2D eigenvalue weighted by Gasteiger charge is -2.30. The normalized spacial score (nSPS) is 22.6. The molecule has 0 bridgehead atoms. The maximum Gasteiger partial charge on any atom is 0.263 e. The lowest BCUT2D eigenvalue weighted by Crippen LogP contribution is -2.40. The number of aliphatic hydroxyl groups excluding tert-OH is 1. The van der Waals surface area contributed by atoms with E-state index in [4.69, 9.17) is 4.74 Å². The molecule has 17 heavy (non-hydrogen) atoms. The average molecular weight is 239 g/mol. The van der Waals surface area contributed by atoms with Gasteiger partial charge in [-0.05, 0) is 18.2 Å². The third-order valence-electron chi connectivity index (χ3n) is 2.75. The second kappa shape index (κ2) is 4.33. The zero-order valence-corrected chi connectivity index (χ0v) is 9.68. The number of benzene rings is 1. The van der Waals surface area contributed by atoms with E-state index in [0.29, 0.717) is 11.3 Å². The Labute approximate surface area is 98.6 Å². The molecule has 1 heterocycles. The molecular weight excluding hydrogens is 225 g/mol. The highest BCUT2D eigenvalue weighted by atomic mass is 19.1. The predicted molar refractivity (Wildman–Crippen MR) is 59.1 cm³/mol. The maximum absolute atomic E-state index is 13.0. The number of hydrogen-bond acceptors (Lipinski definition) is 3. The van der Waals surface area contributed by atoms with Crippen molar-refractivity contribution in [2.75, 3.05) is 14.1 Å². The van der Waals surface area contributed by atoms with E-state index in [2.05, 4.69) is 0 Å². The highest BCUT2D eigenvalue weighted by Crippen LogP contribution is 2.35. The first-order valence-corrected chi connectivity index (χ1v) is 5.34. The second-order valence-corrected chi connectivity index (χ2v) is 4.27. The SMILES string of the molecule is CN(C)C(=O)[C@@H]1C[C@@H](O)c2cc(F)ccc2O1. The Morgan fingerprint density at radius 2 is 2.24 bits per heavy atom. The molecule has 1 aromatic carbocycles. The van der Waals surface area contributed by atoms with Gasteiger partial charge in [0, 0.05) is 26.1 Å². The number of aliphatic hydroxyl groups is 1. The Morgan fingerprint density at radius 3 is 2.88 bits per heavy atom. The van der Waals surface area contributed by atoms with Gasteiger partial charge in [0.25, 0.3) is 5.91 Å². The summed E-state index contributed by atoms with van der Waals surface area (Å²) in [4.78, 5) is 13.1. The molecule has 4 nitrogen and oxygen atoms in total. The highest BCUT2D eigenvalue weighted by molar-refractivity contribution is 5.81. The lowest BCUT2D eigenvalue weighted by molar-refractivity contribution is -0.138. The lowest BCUT2D eigenvalue weighted by atomic mass is 9.98. The van der Waals surface area contributed by atoms with E-state index in [1.54, 1.807) is 14.1 Å². The third-order valence-corrected chi connectivity index (χ3v) is 2.75. The number of hydrogen-bond donors (Lipinski definition) is 1. The van der Waals surface area contributed by atoms with Crippen molar-refractivity contribution in [3.05, 3.63) is 29.6 Å².